The van der Waals surface area contributed by atoms with Crippen LogP contribution in [-0.4, -0.2) is 16.9 Å². The molecular weight excluding hydrogens is 356 g/mol. The molecule has 1 aliphatic carbocycles. The highest BCUT2D eigenvalue weighted by Gasteiger charge is 2.10. The molecule has 0 heterocycles. The first kappa shape index (κ1) is 19.2. The number of benzene rings is 2. The van der Waals surface area contributed by atoms with Crippen molar-refractivity contribution < 1.29 is 4.79 Å². The van der Waals surface area contributed by atoms with Crippen LogP contribution in [0.4, 0.5) is 10.5 Å². The summed E-state index contributed by atoms with van der Waals surface area (Å²) in [6.07, 6.45) is 5.59. The average Bonchev–Trinajstić information content (AvgIpc) is 2.72. The number of hydrogen-bond donors (Lipinski definition) is 2. The van der Waals surface area contributed by atoms with Gasteiger partial charge in [0.25, 0.3) is 0 Å². The predicted octanol–water partition coefficient (Wildman–Crippen LogP) is 5.42. The summed E-state index contributed by atoms with van der Waals surface area (Å²) in [6.45, 7) is 0. The van der Waals surface area contributed by atoms with E-state index >= 15 is 0 Å². The SMILES string of the molecule is O=C(N/C(=N/N=C1CCCCC1)SCc1ccccc1)Nc1ccccc1. The van der Waals surface area contributed by atoms with Gasteiger partial charge in [0.15, 0.2) is 5.17 Å². The molecule has 2 aromatic carbocycles. The molecule has 3 rings (SSSR count). The summed E-state index contributed by atoms with van der Waals surface area (Å²) in [6, 6.07) is 19.2. The molecule has 2 aromatic rings. The van der Waals surface area contributed by atoms with E-state index in [-0.39, 0.29) is 6.03 Å². The number of anilines is 1. The predicted molar refractivity (Wildman–Crippen MR) is 114 cm³/mol. The van der Waals surface area contributed by atoms with Crippen molar-refractivity contribution in [2.75, 3.05) is 5.32 Å². The molecular formula is C21H24N4OS. The zero-order valence-electron chi connectivity index (χ0n) is 15.2. The number of amidine groups is 1. The minimum absolute atomic E-state index is 0.315. The van der Waals surface area contributed by atoms with Gasteiger partial charge in [-0.05, 0) is 43.4 Å². The van der Waals surface area contributed by atoms with Gasteiger partial charge in [-0.2, -0.15) is 5.10 Å². The molecule has 0 radical (unpaired) electrons. The Morgan fingerprint density at radius 2 is 1.59 bits per heavy atom. The van der Waals surface area contributed by atoms with E-state index in [1.165, 1.54) is 36.6 Å². The summed E-state index contributed by atoms with van der Waals surface area (Å²) in [4.78, 5) is 12.3. The van der Waals surface area contributed by atoms with Gasteiger partial charge in [-0.1, -0.05) is 66.7 Å². The second-order valence-corrected chi connectivity index (χ2v) is 7.32. The van der Waals surface area contributed by atoms with E-state index in [2.05, 4.69) is 33.0 Å². The van der Waals surface area contributed by atoms with Crippen molar-refractivity contribution in [1.82, 2.24) is 5.32 Å². The second kappa shape index (κ2) is 10.5. The van der Waals surface area contributed by atoms with Gasteiger partial charge in [-0.25, -0.2) is 4.79 Å². The van der Waals surface area contributed by atoms with E-state index in [1.807, 2.05) is 48.5 Å². The second-order valence-electron chi connectivity index (χ2n) is 6.35. The van der Waals surface area contributed by atoms with Gasteiger partial charge >= 0.3 is 6.03 Å². The van der Waals surface area contributed by atoms with E-state index in [0.29, 0.717) is 5.17 Å². The fourth-order valence-corrected chi connectivity index (χ4v) is 3.53. The van der Waals surface area contributed by atoms with Crippen LogP contribution >= 0.6 is 11.8 Å². The first-order valence-corrected chi connectivity index (χ1v) is 10.2. The van der Waals surface area contributed by atoms with E-state index in [4.69, 9.17) is 0 Å². The highest BCUT2D eigenvalue weighted by atomic mass is 32.2. The Balaban J connectivity index is 1.65. The minimum atomic E-state index is -0.315. The third kappa shape index (κ3) is 6.90. The molecule has 6 heteroatoms. The molecule has 0 aliphatic heterocycles. The van der Waals surface area contributed by atoms with E-state index < -0.39 is 0 Å². The number of nitrogens with one attached hydrogen (secondary N) is 2. The maximum absolute atomic E-state index is 12.3. The minimum Gasteiger partial charge on any atom is -0.308 e. The van der Waals surface area contributed by atoms with Crippen LogP contribution in [0.5, 0.6) is 0 Å². The van der Waals surface area contributed by atoms with Gasteiger partial charge in [0.05, 0.1) is 0 Å². The van der Waals surface area contributed by atoms with Crippen LogP contribution in [0, 0.1) is 0 Å². The summed E-state index contributed by atoms with van der Waals surface area (Å²) in [5.41, 5.74) is 3.02. The number of carbonyl (C=O) groups is 1. The average molecular weight is 381 g/mol. The lowest BCUT2D eigenvalue weighted by Gasteiger charge is -2.12. The molecule has 0 bridgehead atoms. The molecule has 2 amide bonds. The standard InChI is InChI=1S/C21H24N4OS/c26-20(22-18-12-6-2-7-13-18)23-21(25-24-19-14-8-3-9-15-19)27-16-17-10-4-1-5-11-17/h1-2,4-7,10-13H,3,8-9,14-16H2,(H2,22,23,25,26). The monoisotopic (exact) mass is 380 g/mol. The maximum atomic E-state index is 12.3. The van der Waals surface area contributed by atoms with E-state index in [0.717, 1.165) is 30.0 Å². The van der Waals surface area contributed by atoms with Gasteiger partial charge in [-0.15, -0.1) is 5.10 Å². The zero-order chi connectivity index (χ0) is 18.7. The van der Waals surface area contributed by atoms with Crippen LogP contribution in [0.3, 0.4) is 0 Å². The summed E-state index contributed by atoms with van der Waals surface area (Å²) in [5, 5.41) is 14.9. The lowest BCUT2D eigenvalue weighted by molar-refractivity contribution is 0.256. The van der Waals surface area contributed by atoms with Crippen molar-refractivity contribution in [3.8, 4) is 0 Å². The van der Waals surface area contributed by atoms with Crippen LogP contribution < -0.4 is 10.6 Å². The number of thioether (sulfide) groups is 1. The lowest BCUT2D eigenvalue weighted by atomic mass is 9.99. The summed E-state index contributed by atoms with van der Waals surface area (Å²) >= 11 is 1.47. The summed E-state index contributed by atoms with van der Waals surface area (Å²) in [7, 11) is 0. The smallest absolute Gasteiger partial charge is 0.308 e. The number of urea groups is 1. The van der Waals surface area contributed by atoms with Crippen molar-refractivity contribution in [3.05, 3.63) is 66.2 Å². The Bertz CT molecular complexity index is 782. The molecule has 0 atom stereocenters. The third-order valence-corrected chi connectivity index (χ3v) is 5.12. The molecule has 0 unspecified atom stereocenters. The molecule has 0 spiro atoms. The quantitative estimate of drug-likeness (QED) is 0.423. The molecule has 1 saturated carbocycles. The van der Waals surface area contributed by atoms with Crippen molar-refractivity contribution in [2.45, 2.75) is 37.9 Å². The highest BCUT2D eigenvalue weighted by molar-refractivity contribution is 8.13. The fraction of sp³-hybridized carbons (Fsp3) is 0.286. The largest absolute Gasteiger partial charge is 0.325 e. The number of rotatable bonds is 4. The van der Waals surface area contributed by atoms with Gasteiger partial charge in [0.1, 0.15) is 0 Å². The lowest BCUT2D eigenvalue weighted by Crippen LogP contribution is -2.32. The fourth-order valence-electron chi connectivity index (χ4n) is 2.77. The molecule has 27 heavy (non-hydrogen) atoms. The van der Waals surface area contributed by atoms with Crippen molar-refractivity contribution in [1.29, 1.82) is 0 Å². The number of nitrogens with zero attached hydrogens (tertiary/aromatic N) is 2. The van der Waals surface area contributed by atoms with Gasteiger partial charge in [-0.3, -0.25) is 5.32 Å². The molecule has 140 valence electrons. The Morgan fingerprint density at radius 3 is 2.30 bits per heavy atom. The zero-order valence-corrected chi connectivity index (χ0v) is 16.0. The normalized spacial score (nSPS) is 14.5. The molecule has 1 aliphatic rings. The molecule has 2 N–H and O–H groups in total. The first-order chi connectivity index (χ1) is 13.3. The van der Waals surface area contributed by atoms with Crippen LogP contribution in [0.2, 0.25) is 0 Å². The van der Waals surface area contributed by atoms with Gasteiger partial charge in [0.2, 0.25) is 0 Å². The summed E-state index contributed by atoms with van der Waals surface area (Å²) in [5.74, 6) is 0.718. The Labute approximate surface area is 164 Å². The highest BCUT2D eigenvalue weighted by Crippen LogP contribution is 2.17. The molecule has 5 nitrogen and oxygen atoms in total. The third-order valence-electron chi connectivity index (χ3n) is 4.18. The molecule has 0 saturated heterocycles. The van der Waals surface area contributed by atoms with Crippen LogP contribution in [0.25, 0.3) is 0 Å². The van der Waals surface area contributed by atoms with E-state index in [1.54, 1.807) is 0 Å². The van der Waals surface area contributed by atoms with Crippen LogP contribution in [0.15, 0.2) is 70.9 Å². The molecule has 1 fully saturated rings. The maximum Gasteiger partial charge on any atom is 0.325 e. The topological polar surface area (TPSA) is 65.8 Å². The Hall–Kier alpha value is -2.60. The number of carbonyl (C=O) groups excluding carboxylic acids is 1. The number of hydrogen-bond acceptors (Lipinski definition) is 4. The summed E-state index contributed by atoms with van der Waals surface area (Å²) < 4.78 is 0. The number of para-hydroxylation sites is 1. The Kier molecular flexibility index (Phi) is 7.47. The van der Waals surface area contributed by atoms with Crippen LogP contribution in [-0.2, 0) is 5.75 Å². The molecule has 0 aromatic heterocycles. The first-order valence-electron chi connectivity index (χ1n) is 9.23. The van der Waals surface area contributed by atoms with E-state index in [9.17, 15) is 4.79 Å². The van der Waals surface area contributed by atoms with Crippen molar-refractivity contribution >= 4 is 34.4 Å². The van der Waals surface area contributed by atoms with Crippen LogP contribution in [0.1, 0.15) is 37.7 Å². The van der Waals surface area contributed by atoms with Gasteiger partial charge in [0, 0.05) is 17.2 Å². The Morgan fingerprint density at radius 1 is 0.926 bits per heavy atom. The van der Waals surface area contributed by atoms with Crippen molar-refractivity contribution in [3.63, 3.8) is 0 Å². The van der Waals surface area contributed by atoms with Gasteiger partial charge < -0.3 is 5.32 Å². The number of amides is 2. The van der Waals surface area contributed by atoms with Crippen molar-refractivity contribution in [2.24, 2.45) is 10.2 Å².